The van der Waals surface area contributed by atoms with Crippen molar-refractivity contribution >= 4 is 16.9 Å². The molecule has 0 aliphatic carbocycles. The zero-order valence-corrected chi connectivity index (χ0v) is 12.0. The maximum absolute atomic E-state index is 12.3. The number of carbonyl (C=O) groups is 1. The fraction of sp³-hybridized carbons (Fsp3) is 0.200. The van der Waals surface area contributed by atoms with Crippen molar-refractivity contribution < 1.29 is 4.79 Å². The molecule has 110 valence electrons. The molecule has 3 aromatic rings. The average molecular weight is 294 g/mol. The highest BCUT2D eigenvalue weighted by molar-refractivity contribution is 5.96. The minimum Gasteiger partial charge on any atom is -0.357 e. The van der Waals surface area contributed by atoms with Gasteiger partial charge in [-0.25, -0.2) is 9.97 Å². The van der Waals surface area contributed by atoms with Gasteiger partial charge in [0.2, 0.25) is 0 Å². The molecule has 0 aliphatic heterocycles. The standard InChI is InChI=1S/C15H14N6O/c1-21(6-2-4-16)15(22)12-7-10(8-18-12)13-11-3-5-17-14(11)20-9-19-13/h3,5,7-9,18H,2,6H2,1H3,(H,17,19,20). The number of nitrogens with zero attached hydrogens (tertiary/aromatic N) is 4. The summed E-state index contributed by atoms with van der Waals surface area (Å²) in [5.74, 6) is -0.152. The van der Waals surface area contributed by atoms with E-state index in [4.69, 9.17) is 5.26 Å². The molecule has 22 heavy (non-hydrogen) atoms. The van der Waals surface area contributed by atoms with Crippen molar-refractivity contribution in [2.45, 2.75) is 6.42 Å². The van der Waals surface area contributed by atoms with Crippen LogP contribution < -0.4 is 0 Å². The second-order valence-corrected chi connectivity index (χ2v) is 4.90. The van der Waals surface area contributed by atoms with E-state index in [2.05, 4.69) is 19.9 Å². The zero-order valence-electron chi connectivity index (χ0n) is 12.0. The number of aromatic amines is 2. The first-order valence-corrected chi connectivity index (χ1v) is 6.80. The predicted molar refractivity (Wildman–Crippen MR) is 80.9 cm³/mol. The molecule has 0 bridgehead atoms. The monoisotopic (exact) mass is 294 g/mol. The molecular weight excluding hydrogens is 280 g/mol. The molecular formula is C15H14N6O. The van der Waals surface area contributed by atoms with Crippen LogP contribution in [-0.4, -0.2) is 44.3 Å². The van der Waals surface area contributed by atoms with E-state index in [9.17, 15) is 4.79 Å². The number of hydrogen-bond acceptors (Lipinski definition) is 4. The van der Waals surface area contributed by atoms with Gasteiger partial charge in [0.25, 0.3) is 5.91 Å². The smallest absolute Gasteiger partial charge is 0.270 e. The van der Waals surface area contributed by atoms with Crippen LogP contribution >= 0.6 is 0 Å². The third-order valence-electron chi connectivity index (χ3n) is 3.45. The van der Waals surface area contributed by atoms with Gasteiger partial charge < -0.3 is 14.9 Å². The fourth-order valence-corrected chi connectivity index (χ4v) is 2.28. The number of nitrogens with one attached hydrogen (secondary N) is 2. The SMILES string of the molecule is CN(CCC#N)C(=O)c1cc(-c2ncnc3[nH]ccc23)c[nH]1. The van der Waals surface area contributed by atoms with Gasteiger partial charge in [-0.2, -0.15) is 5.26 Å². The van der Waals surface area contributed by atoms with Gasteiger partial charge in [-0.3, -0.25) is 4.79 Å². The maximum Gasteiger partial charge on any atom is 0.270 e. The van der Waals surface area contributed by atoms with E-state index < -0.39 is 0 Å². The number of aromatic nitrogens is 4. The summed E-state index contributed by atoms with van der Waals surface area (Å²) in [5, 5.41) is 9.49. The van der Waals surface area contributed by atoms with Crippen LogP contribution in [0.1, 0.15) is 16.9 Å². The lowest BCUT2D eigenvalue weighted by molar-refractivity contribution is 0.0793. The molecule has 3 rings (SSSR count). The second-order valence-electron chi connectivity index (χ2n) is 4.90. The first-order chi connectivity index (χ1) is 10.7. The quantitative estimate of drug-likeness (QED) is 0.767. The Labute approximate surface area is 126 Å². The third kappa shape index (κ3) is 2.42. The molecule has 0 fully saturated rings. The van der Waals surface area contributed by atoms with Gasteiger partial charge in [-0.1, -0.05) is 0 Å². The highest BCUT2D eigenvalue weighted by atomic mass is 16.2. The summed E-state index contributed by atoms with van der Waals surface area (Å²) in [5.41, 5.74) is 2.81. The van der Waals surface area contributed by atoms with Crippen molar-refractivity contribution in [1.29, 1.82) is 5.26 Å². The molecule has 0 aliphatic rings. The Morgan fingerprint density at radius 3 is 3.09 bits per heavy atom. The first-order valence-electron chi connectivity index (χ1n) is 6.80. The van der Waals surface area contributed by atoms with Crippen LogP contribution in [0.3, 0.4) is 0 Å². The highest BCUT2D eigenvalue weighted by Gasteiger charge is 2.15. The minimum atomic E-state index is -0.152. The van der Waals surface area contributed by atoms with Gasteiger partial charge in [-0.05, 0) is 12.1 Å². The highest BCUT2D eigenvalue weighted by Crippen LogP contribution is 2.25. The lowest BCUT2D eigenvalue weighted by Gasteiger charge is -2.13. The lowest BCUT2D eigenvalue weighted by Crippen LogP contribution is -2.27. The Morgan fingerprint density at radius 1 is 1.41 bits per heavy atom. The van der Waals surface area contributed by atoms with Crippen LogP contribution in [0.4, 0.5) is 0 Å². The Morgan fingerprint density at radius 2 is 2.27 bits per heavy atom. The van der Waals surface area contributed by atoms with Crippen LogP contribution in [-0.2, 0) is 0 Å². The van der Waals surface area contributed by atoms with Crippen molar-refractivity contribution in [3.05, 3.63) is 36.5 Å². The molecule has 0 saturated carbocycles. The number of fused-ring (bicyclic) bond motifs is 1. The summed E-state index contributed by atoms with van der Waals surface area (Å²) < 4.78 is 0. The van der Waals surface area contributed by atoms with Gasteiger partial charge in [0.05, 0.1) is 18.2 Å². The van der Waals surface area contributed by atoms with Gasteiger partial charge in [-0.15, -0.1) is 0 Å². The molecule has 0 radical (unpaired) electrons. The number of hydrogen-bond donors (Lipinski definition) is 2. The Kier molecular flexibility index (Phi) is 3.58. The number of carbonyl (C=O) groups excluding carboxylic acids is 1. The van der Waals surface area contributed by atoms with Crippen molar-refractivity contribution in [3.63, 3.8) is 0 Å². The summed E-state index contributed by atoms with van der Waals surface area (Å²) in [6, 6.07) is 5.69. The topological polar surface area (TPSA) is 101 Å². The van der Waals surface area contributed by atoms with Crippen molar-refractivity contribution in [2.24, 2.45) is 0 Å². The molecule has 7 nitrogen and oxygen atoms in total. The van der Waals surface area contributed by atoms with Gasteiger partial charge in [0.1, 0.15) is 17.7 Å². The van der Waals surface area contributed by atoms with E-state index in [0.717, 1.165) is 22.3 Å². The largest absolute Gasteiger partial charge is 0.357 e. The summed E-state index contributed by atoms with van der Waals surface area (Å²) in [6.45, 7) is 0.402. The van der Waals surface area contributed by atoms with Crippen LogP contribution in [0.2, 0.25) is 0 Å². The summed E-state index contributed by atoms with van der Waals surface area (Å²) in [7, 11) is 1.68. The molecule has 0 aromatic carbocycles. The molecule has 2 N–H and O–H groups in total. The molecule has 7 heteroatoms. The molecule has 0 atom stereocenters. The van der Waals surface area contributed by atoms with Crippen LogP contribution in [0.15, 0.2) is 30.9 Å². The number of amides is 1. The second kappa shape index (κ2) is 5.69. The number of nitriles is 1. The van der Waals surface area contributed by atoms with Crippen LogP contribution in [0.5, 0.6) is 0 Å². The molecule has 0 spiro atoms. The lowest BCUT2D eigenvalue weighted by atomic mass is 10.1. The maximum atomic E-state index is 12.3. The van der Waals surface area contributed by atoms with Gasteiger partial charge in [0.15, 0.2) is 0 Å². The third-order valence-corrected chi connectivity index (χ3v) is 3.45. The fourth-order valence-electron chi connectivity index (χ4n) is 2.28. The van der Waals surface area contributed by atoms with E-state index in [1.165, 1.54) is 11.2 Å². The molecule has 1 amide bonds. The Hall–Kier alpha value is -3.14. The van der Waals surface area contributed by atoms with Crippen molar-refractivity contribution in [3.8, 4) is 17.3 Å². The minimum absolute atomic E-state index is 0.152. The molecule has 3 heterocycles. The summed E-state index contributed by atoms with van der Waals surface area (Å²) in [6.07, 6.45) is 5.35. The van der Waals surface area contributed by atoms with E-state index >= 15 is 0 Å². The van der Waals surface area contributed by atoms with Gasteiger partial charge >= 0.3 is 0 Å². The van der Waals surface area contributed by atoms with Crippen LogP contribution in [0.25, 0.3) is 22.3 Å². The zero-order chi connectivity index (χ0) is 15.5. The van der Waals surface area contributed by atoms with E-state index in [-0.39, 0.29) is 5.91 Å². The number of H-pyrrole nitrogens is 2. The molecule has 0 saturated heterocycles. The van der Waals surface area contributed by atoms with Crippen molar-refractivity contribution in [1.82, 2.24) is 24.8 Å². The molecule has 0 unspecified atom stereocenters. The normalized spacial score (nSPS) is 10.5. The molecule has 3 aromatic heterocycles. The summed E-state index contributed by atoms with van der Waals surface area (Å²) >= 11 is 0. The van der Waals surface area contributed by atoms with Crippen molar-refractivity contribution in [2.75, 3.05) is 13.6 Å². The van der Waals surface area contributed by atoms with E-state index in [1.54, 1.807) is 25.5 Å². The average Bonchev–Trinajstić information content (AvgIpc) is 3.20. The summed E-state index contributed by atoms with van der Waals surface area (Å²) in [4.78, 5) is 28.2. The van der Waals surface area contributed by atoms with Gasteiger partial charge in [0, 0.05) is 36.9 Å². The predicted octanol–water partition coefficient (Wildman–Crippen LogP) is 1.94. The Bertz CT molecular complexity index is 856. The number of rotatable bonds is 4. The Balaban J connectivity index is 1.89. The van der Waals surface area contributed by atoms with E-state index in [1.807, 2.05) is 12.1 Å². The van der Waals surface area contributed by atoms with Crippen LogP contribution in [0, 0.1) is 11.3 Å². The first kappa shape index (κ1) is 13.8. The van der Waals surface area contributed by atoms with E-state index in [0.29, 0.717) is 18.7 Å².